The Labute approximate surface area is 120 Å². The third-order valence-electron chi connectivity index (χ3n) is 4.11. The van der Waals surface area contributed by atoms with Gasteiger partial charge in [0.1, 0.15) is 11.9 Å². The van der Waals surface area contributed by atoms with Crippen LogP contribution in [0.4, 0.5) is 0 Å². The van der Waals surface area contributed by atoms with Gasteiger partial charge in [-0.1, -0.05) is 42.0 Å². The Bertz CT molecular complexity index is 596. The molecule has 0 aromatic heterocycles. The molecular formula is C18H21NO. The first-order chi connectivity index (χ1) is 9.63. The largest absolute Gasteiger partial charge is 0.488 e. The number of fused-ring (bicyclic) bond motifs is 1. The lowest BCUT2D eigenvalue weighted by molar-refractivity contribution is 0.198. The summed E-state index contributed by atoms with van der Waals surface area (Å²) in [6.45, 7) is 4.27. The number of aryl methyl sites for hydroxylation is 2. The minimum absolute atomic E-state index is 0.0305. The molecule has 2 nitrogen and oxygen atoms in total. The summed E-state index contributed by atoms with van der Waals surface area (Å²) in [5, 5.41) is 0. The first-order valence-electron chi connectivity index (χ1n) is 7.20. The van der Waals surface area contributed by atoms with Crippen molar-refractivity contribution in [2.45, 2.75) is 38.8 Å². The average molecular weight is 267 g/mol. The van der Waals surface area contributed by atoms with E-state index in [1.807, 2.05) is 12.1 Å². The number of para-hydroxylation sites is 1. The van der Waals surface area contributed by atoms with Gasteiger partial charge in [-0.25, -0.2) is 0 Å². The van der Waals surface area contributed by atoms with E-state index in [1.165, 1.54) is 22.3 Å². The Hall–Kier alpha value is -1.80. The number of benzene rings is 2. The van der Waals surface area contributed by atoms with Gasteiger partial charge in [0.2, 0.25) is 0 Å². The van der Waals surface area contributed by atoms with Gasteiger partial charge in [0, 0.05) is 12.5 Å². The van der Waals surface area contributed by atoms with Crippen LogP contribution in [0.3, 0.4) is 0 Å². The highest BCUT2D eigenvalue weighted by atomic mass is 16.5. The van der Waals surface area contributed by atoms with Gasteiger partial charge in [-0.15, -0.1) is 0 Å². The van der Waals surface area contributed by atoms with Crippen LogP contribution in [0.5, 0.6) is 5.75 Å². The maximum Gasteiger partial charge on any atom is 0.123 e. The van der Waals surface area contributed by atoms with E-state index in [2.05, 4.69) is 44.2 Å². The monoisotopic (exact) mass is 267 g/mol. The molecule has 0 aliphatic carbocycles. The highest BCUT2D eigenvalue weighted by Gasteiger charge is 2.28. The third-order valence-corrected chi connectivity index (χ3v) is 4.11. The van der Waals surface area contributed by atoms with Crippen LogP contribution in [0.25, 0.3) is 0 Å². The summed E-state index contributed by atoms with van der Waals surface area (Å²) in [5.74, 6) is 0.994. The zero-order chi connectivity index (χ0) is 14.1. The summed E-state index contributed by atoms with van der Waals surface area (Å²) in [5.41, 5.74) is 11.6. The first-order valence-corrected chi connectivity index (χ1v) is 7.20. The Morgan fingerprint density at radius 1 is 1.20 bits per heavy atom. The maximum atomic E-state index is 6.38. The zero-order valence-electron chi connectivity index (χ0n) is 12.1. The van der Waals surface area contributed by atoms with Crippen LogP contribution in [-0.2, 0) is 12.8 Å². The first kappa shape index (κ1) is 13.2. The van der Waals surface area contributed by atoms with Crippen LogP contribution in [0.1, 0.15) is 22.3 Å². The van der Waals surface area contributed by atoms with E-state index in [0.29, 0.717) is 0 Å². The molecule has 2 heteroatoms. The van der Waals surface area contributed by atoms with Gasteiger partial charge in [-0.2, -0.15) is 0 Å². The molecule has 0 fully saturated rings. The number of hydrogen-bond acceptors (Lipinski definition) is 2. The van der Waals surface area contributed by atoms with E-state index < -0.39 is 0 Å². The van der Waals surface area contributed by atoms with Crippen LogP contribution in [0.2, 0.25) is 0 Å². The highest BCUT2D eigenvalue weighted by molar-refractivity contribution is 5.38. The van der Waals surface area contributed by atoms with Crippen molar-refractivity contribution >= 4 is 0 Å². The second-order valence-corrected chi connectivity index (χ2v) is 5.77. The lowest BCUT2D eigenvalue weighted by atomic mass is 9.95. The molecule has 104 valence electrons. The van der Waals surface area contributed by atoms with Crippen molar-refractivity contribution < 1.29 is 4.74 Å². The topological polar surface area (TPSA) is 35.2 Å². The third kappa shape index (κ3) is 2.56. The minimum atomic E-state index is 0.0305. The number of nitrogens with two attached hydrogens (primary N) is 1. The fourth-order valence-corrected chi connectivity index (χ4v) is 2.85. The molecule has 0 radical (unpaired) electrons. The fraction of sp³-hybridized carbons (Fsp3) is 0.333. The van der Waals surface area contributed by atoms with E-state index in [-0.39, 0.29) is 12.1 Å². The standard InChI is InChI=1S/C18H21NO/c1-12-7-8-13(2)15(9-12)10-16(19)18-11-14-5-3-4-6-17(14)20-18/h3-9,16,18H,10-11,19H2,1-2H3. The molecule has 1 aliphatic heterocycles. The second kappa shape index (κ2) is 5.29. The normalized spacial score (nSPS) is 18.4. The fourth-order valence-electron chi connectivity index (χ4n) is 2.85. The van der Waals surface area contributed by atoms with Crippen molar-refractivity contribution in [3.63, 3.8) is 0 Å². The van der Waals surface area contributed by atoms with Gasteiger partial charge in [0.05, 0.1) is 0 Å². The van der Waals surface area contributed by atoms with Crippen LogP contribution in [0.15, 0.2) is 42.5 Å². The Morgan fingerprint density at radius 2 is 2.00 bits per heavy atom. The molecule has 1 heterocycles. The van der Waals surface area contributed by atoms with Gasteiger partial charge in [0.25, 0.3) is 0 Å². The smallest absolute Gasteiger partial charge is 0.123 e. The predicted octanol–water partition coefficient (Wildman–Crippen LogP) is 3.18. The lowest BCUT2D eigenvalue weighted by Crippen LogP contribution is -2.39. The van der Waals surface area contributed by atoms with Gasteiger partial charge in [0.15, 0.2) is 0 Å². The van der Waals surface area contributed by atoms with Crippen LogP contribution in [0, 0.1) is 13.8 Å². The Balaban J connectivity index is 1.72. The van der Waals surface area contributed by atoms with Crippen molar-refractivity contribution in [1.82, 2.24) is 0 Å². The molecule has 2 N–H and O–H groups in total. The molecule has 0 amide bonds. The van der Waals surface area contributed by atoms with Crippen LogP contribution < -0.4 is 10.5 Å². The molecule has 1 aliphatic rings. The minimum Gasteiger partial charge on any atom is -0.488 e. The van der Waals surface area contributed by atoms with Gasteiger partial charge >= 0.3 is 0 Å². The molecule has 2 aromatic carbocycles. The van der Waals surface area contributed by atoms with E-state index in [0.717, 1.165) is 18.6 Å². The molecule has 2 aromatic rings. The van der Waals surface area contributed by atoms with Crippen molar-refractivity contribution in [2.75, 3.05) is 0 Å². The Morgan fingerprint density at radius 3 is 2.80 bits per heavy atom. The summed E-state index contributed by atoms with van der Waals surface area (Å²) in [7, 11) is 0. The molecule has 0 bridgehead atoms. The van der Waals surface area contributed by atoms with Crippen molar-refractivity contribution in [2.24, 2.45) is 5.73 Å². The summed E-state index contributed by atoms with van der Waals surface area (Å²) >= 11 is 0. The van der Waals surface area contributed by atoms with E-state index in [4.69, 9.17) is 10.5 Å². The van der Waals surface area contributed by atoms with E-state index >= 15 is 0 Å². The summed E-state index contributed by atoms with van der Waals surface area (Å²) in [6.07, 6.45) is 1.88. The molecular weight excluding hydrogens is 246 g/mol. The molecule has 2 atom stereocenters. The number of hydrogen-bond donors (Lipinski definition) is 1. The van der Waals surface area contributed by atoms with Crippen LogP contribution in [-0.4, -0.2) is 12.1 Å². The van der Waals surface area contributed by atoms with Gasteiger partial charge < -0.3 is 10.5 Å². The number of rotatable bonds is 3. The quantitative estimate of drug-likeness (QED) is 0.927. The van der Waals surface area contributed by atoms with Crippen LogP contribution >= 0.6 is 0 Å². The molecule has 20 heavy (non-hydrogen) atoms. The molecule has 2 unspecified atom stereocenters. The van der Waals surface area contributed by atoms with Crippen molar-refractivity contribution in [3.05, 3.63) is 64.7 Å². The highest BCUT2D eigenvalue weighted by Crippen LogP contribution is 2.30. The van der Waals surface area contributed by atoms with E-state index in [1.54, 1.807) is 0 Å². The summed E-state index contributed by atoms with van der Waals surface area (Å²) in [4.78, 5) is 0. The molecule has 0 spiro atoms. The SMILES string of the molecule is Cc1ccc(C)c(CC(N)C2Cc3ccccc3O2)c1. The molecule has 0 saturated heterocycles. The van der Waals surface area contributed by atoms with Crippen molar-refractivity contribution in [1.29, 1.82) is 0 Å². The van der Waals surface area contributed by atoms with Gasteiger partial charge in [-0.05, 0) is 43.0 Å². The average Bonchev–Trinajstić information content (AvgIpc) is 2.87. The lowest BCUT2D eigenvalue weighted by Gasteiger charge is -2.20. The Kier molecular flexibility index (Phi) is 3.49. The van der Waals surface area contributed by atoms with Crippen molar-refractivity contribution in [3.8, 4) is 5.75 Å². The van der Waals surface area contributed by atoms with Gasteiger partial charge in [-0.3, -0.25) is 0 Å². The zero-order valence-corrected chi connectivity index (χ0v) is 12.1. The maximum absolute atomic E-state index is 6.38. The predicted molar refractivity (Wildman–Crippen MR) is 82.2 cm³/mol. The number of ether oxygens (including phenoxy) is 1. The van der Waals surface area contributed by atoms with E-state index in [9.17, 15) is 0 Å². The summed E-state index contributed by atoms with van der Waals surface area (Å²) < 4.78 is 5.99. The second-order valence-electron chi connectivity index (χ2n) is 5.77. The molecule has 0 saturated carbocycles. The summed E-state index contributed by atoms with van der Waals surface area (Å²) in [6, 6.07) is 14.8. The molecule has 3 rings (SSSR count).